The molecule has 0 unspecified atom stereocenters. The molecule has 10 saturated heterocycles. The predicted molar refractivity (Wildman–Crippen MR) is 398 cm³/mol. The molecule has 6 amide bonds. The molecule has 0 aromatic heterocycles. The summed E-state index contributed by atoms with van der Waals surface area (Å²) in [5.41, 5.74) is 0. The summed E-state index contributed by atoms with van der Waals surface area (Å²) < 4.78 is 115. The van der Waals surface area contributed by atoms with Gasteiger partial charge in [-0.3, -0.25) is 28.8 Å². The van der Waals surface area contributed by atoms with Crippen molar-refractivity contribution in [2.75, 3.05) is 59.5 Å². The molecule has 10 rings (SSSR count). The number of ether oxygens (including phenoxy) is 19. The van der Waals surface area contributed by atoms with Crippen molar-refractivity contribution in [1.29, 1.82) is 0 Å². The number of amides is 6. The van der Waals surface area contributed by atoms with Crippen LogP contribution < -0.4 is 31.9 Å². The van der Waals surface area contributed by atoms with E-state index in [4.69, 9.17) is 90.0 Å². The summed E-state index contributed by atoms with van der Waals surface area (Å²) in [6, 6.07) is -11.2. The Kier molecular flexibility index (Phi) is 37.8. The van der Waals surface area contributed by atoms with Gasteiger partial charge in [-0.15, -0.1) is 0 Å². The molecule has 10 aliphatic heterocycles. The van der Waals surface area contributed by atoms with Crippen molar-refractivity contribution in [3.05, 3.63) is 0 Å². The van der Waals surface area contributed by atoms with Gasteiger partial charge in [0.25, 0.3) is 0 Å². The maximum atomic E-state index is 13.4. The summed E-state index contributed by atoms with van der Waals surface area (Å²) in [6.07, 6.45) is -92.0. The smallest absolute Gasteiger partial charge is 0.217 e. The fourth-order valence-electron chi connectivity index (χ4n) is 16.6. The van der Waals surface area contributed by atoms with Gasteiger partial charge in [-0.05, 0) is 6.92 Å². The van der Waals surface area contributed by atoms with Crippen LogP contribution in [0.4, 0.5) is 0 Å². The van der Waals surface area contributed by atoms with Gasteiger partial charge >= 0.3 is 0 Å². The zero-order chi connectivity index (χ0) is 94.4. The molecule has 0 aromatic carbocycles. The highest BCUT2D eigenvalue weighted by Gasteiger charge is 2.62. The maximum absolute atomic E-state index is 13.4. The van der Waals surface area contributed by atoms with Crippen LogP contribution in [0.3, 0.4) is 0 Å². The van der Waals surface area contributed by atoms with Crippen LogP contribution in [0.1, 0.15) is 48.5 Å². The molecule has 0 spiro atoms. The van der Waals surface area contributed by atoms with Gasteiger partial charge in [0.05, 0.1) is 65.6 Å². The molecule has 56 nitrogen and oxygen atoms in total. The van der Waals surface area contributed by atoms with Gasteiger partial charge in [-0.25, -0.2) is 0 Å². The lowest BCUT2D eigenvalue weighted by atomic mass is 9.93. The number of hydrogen-bond donors (Lipinski definition) is 31. The molecule has 10 heterocycles. The zero-order valence-corrected chi connectivity index (χ0v) is 69.6. The van der Waals surface area contributed by atoms with Crippen molar-refractivity contribution < 1.29 is 246 Å². The number of nitrogens with one attached hydrogen (secondary N) is 6. The Morgan fingerprint density at radius 3 is 0.875 bits per heavy atom. The predicted octanol–water partition coefficient (Wildman–Crippen LogP) is -20.9. The average Bonchev–Trinajstić information content (AvgIpc) is 0.763. The van der Waals surface area contributed by atoms with E-state index in [1.54, 1.807) is 0 Å². The topological polar surface area (TPSA) is 856 Å². The molecular weight excluding hydrogens is 1750 g/mol. The van der Waals surface area contributed by atoms with Crippen LogP contribution >= 0.6 is 0 Å². The number of rotatable bonds is 33. The first-order valence-corrected chi connectivity index (χ1v) is 41.0. The number of aliphatic hydroxyl groups excluding tert-OH is 25. The van der Waals surface area contributed by atoms with E-state index in [1.165, 1.54) is 6.92 Å². The number of aliphatic hydroxyl groups is 25. The van der Waals surface area contributed by atoms with E-state index in [0.29, 0.717) is 0 Å². The highest BCUT2D eigenvalue weighted by Crippen LogP contribution is 2.41. The SMILES string of the molecule is CC(=O)N[C@@H]1[C@@H](O)[C@H](O[C@@H]2O[C@H](CO)[C@@H](O[C@@H]3O[C@H](CO[C@H]4O[C@H](CO)[C@@H](O)[C@H](O)[C@@H]4O[C@@H]4O[C@H](CO)[C@@H](O[C@@H]5O[C@H](CO)[C@H](O)[C@H](O)[C@H]5NC(C)=O)[C@H](O)[C@H]4NC(C)=O)[C@@H](O)[C@H](O[C@H]4O[C@H](CO)[C@@H](O[C@@H]5O[C@H](CO)[C@@H](O)[C@H](O)[C@H]5NC(C)=O)[C@H](O)[C@@H]4O[C@@H]4O[C@H](CO)[C@@H](O)[C@H](O)[C@H]4NC(C)=O)[C@@H]3O)[C@H](O)[C@H]2NC(C)=O)[C@@H](CO[C@@H]2O[C@@H](C)[C@@H](O)[C@@H](O)[C@@H]2O)O[C@H]1O. The standard InChI is InChI=1S/C72H120N6O50/c1-17-39(92)51(104)53(106)69(112-17)110-16-32-59(48(101)33(63(109)113-32)73-18(2)86)124-67-37(77-22(6)90)50(103)57(29(13-84)118-67)125-70-55(108)60(126-72-62(128-66-36(76-21(5)89)47(100)42(95)26(10-81)116-66)54(107)58(30(14-85)120-72)123-65-35(75-20(4)88)46(99)41(94)25(9-80)115-65)44(97)31(121-70)15-111-71-61(52(105)43(96)27(11-82)117-71)127-68-38(78-23(7)91)49(102)56(28(12-83)119-68)122-64-34(74-19(3)87)45(98)40(93)24(8-79)114-64/h17,24-72,79-85,92-109H,8-16H2,1-7H3,(H,73,86)(H,74,87)(H,75,88)(H,76,89)(H,77,90)(H,78,91)/t17-,24+,25+,26+,27+,28+,29+,30+,31+,32+,33+,34+,35+,36+,37+,38+,39+,40-,41+,42+,43+,44+,45+,46+,47+,48+,49+,50+,51+,52-,53-,54-,55-,56+,57+,58+,59+,60-,61-,62-,63+,64-,65-,66-,67-,68-,69+,70-,71-,72+/m0/s1. The third-order valence-corrected chi connectivity index (χ3v) is 23.2. The van der Waals surface area contributed by atoms with Crippen LogP contribution in [0.25, 0.3) is 0 Å². The van der Waals surface area contributed by atoms with Crippen LogP contribution in [0.15, 0.2) is 0 Å². The first-order chi connectivity index (χ1) is 60.5. The second-order valence-corrected chi connectivity index (χ2v) is 32.5. The summed E-state index contributed by atoms with van der Waals surface area (Å²) in [7, 11) is 0. The number of carbonyl (C=O) groups excluding carboxylic acids is 6. The third kappa shape index (κ3) is 23.8. The second-order valence-electron chi connectivity index (χ2n) is 32.5. The monoisotopic (exact) mass is 1870 g/mol. The van der Waals surface area contributed by atoms with Crippen molar-refractivity contribution in [2.24, 2.45) is 0 Å². The normalized spacial score (nSPS) is 47.8. The first kappa shape index (κ1) is 105. The fourth-order valence-corrected chi connectivity index (χ4v) is 16.6. The Morgan fingerprint density at radius 2 is 0.492 bits per heavy atom. The van der Waals surface area contributed by atoms with Crippen LogP contribution in [0, 0.1) is 0 Å². The summed E-state index contributed by atoms with van der Waals surface area (Å²) in [5, 5.41) is 298. The molecular formula is C72H120N6O50. The van der Waals surface area contributed by atoms with Gasteiger partial charge in [-0.2, -0.15) is 0 Å². The molecule has 128 heavy (non-hydrogen) atoms. The molecule has 10 aliphatic rings. The zero-order valence-electron chi connectivity index (χ0n) is 69.6. The summed E-state index contributed by atoms with van der Waals surface area (Å²) in [5.74, 6) is -5.47. The molecule has 10 fully saturated rings. The Balaban J connectivity index is 1.02. The third-order valence-electron chi connectivity index (χ3n) is 23.2. The highest BCUT2D eigenvalue weighted by atomic mass is 16.8. The number of hydrogen-bond acceptors (Lipinski definition) is 50. The minimum absolute atomic E-state index is 0.816. The van der Waals surface area contributed by atoms with Gasteiger partial charge in [-0.1, -0.05) is 0 Å². The van der Waals surface area contributed by atoms with Crippen molar-refractivity contribution in [1.82, 2.24) is 31.9 Å². The largest absolute Gasteiger partial charge is 0.394 e. The van der Waals surface area contributed by atoms with Crippen molar-refractivity contribution in [3.8, 4) is 0 Å². The Hall–Kier alpha value is -4.94. The summed E-state index contributed by atoms with van der Waals surface area (Å²) >= 11 is 0. The molecule has 0 bridgehead atoms. The average molecular weight is 1870 g/mol. The summed E-state index contributed by atoms with van der Waals surface area (Å²) in [4.78, 5) is 76.9. The lowest BCUT2D eigenvalue weighted by molar-refractivity contribution is -0.403. The Morgan fingerprint density at radius 1 is 0.219 bits per heavy atom. The van der Waals surface area contributed by atoms with Crippen molar-refractivity contribution in [3.63, 3.8) is 0 Å². The molecule has 0 saturated carbocycles. The van der Waals surface area contributed by atoms with Crippen LogP contribution in [-0.2, 0) is 119 Å². The van der Waals surface area contributed by atoms with Gasteiger partial charge < -0.3 is 250 Å². The first-order valence-electron chi connectivity index (χ1n) is 41.0. The van der Waals surface area contributed by atoms with E-state index < -0.39 is 402 Å². The van der Waals surface area contributed by atoms with E-state index >= 15 is 0 Å². The molecule has 0 aromatic rings. The van der Waals surface area contributed by atoms with Crippen LogP contribution in [0.2, 0.25) is 0 Å². The minimum atomic E-state index is -2.68. The fraction of sp³-hybridized carbons (Fsp3) is 0.917. The van der Waals surface area contributed by atoms with Gasteiger partial charge in [0.15, 0.2) is 62.9 Å². The molecule has 56 heteroatoms. The number of carbonyl (C=O) groups is 6. The maximum Gasteiger partial charge on any atom is 0.217 e. The van der Waals surface area contributed by atoms with E-state index in [0.717, 1.165) is 41.5 Å². The second kappa shape index (κ2) is 46.1. The van der Waals surface area contributed by atoms with Crippen LogP contribution in [-0.4, -0.2) is 529 Å². The van der Waals surface area contributed by atoms with Crippen molar-refractivity contribution in [2.45, 2.75) is 355 Å². The Labute approximate surface area is 726 Å². The summed E-state index contributed by atoms with van der Waals surface area (Å²) in [6.45, 7) is -3.09. The Bertz CT molecular complexity index is 3550. The van der Waals surface area contributed by atoms with Crippen LogP contribution in [0.5, 0.6) is 0 Å². The van der Waals surface area contributed by atoms with E-state index in [9.17, 15) is 156 Å². The lowest BCUT2D eigenvalue weighted by Crippen LogP contribution is -2.71. The molecule has 0 aliphatic carbocycles. The molecule has 738 valence electrons. The molecule has 50 atom stereocenters. The van der Waals surface area contributed by atoms with Gasteiger partial charge in [0.1, 0.15) is 238 Å². The van der Waals surface area contributed by atoms with E-state index in [1.807, 2.05) is 0 Å². The minimum Gasteiger partial charge on any atom is -0.394 e. The quantitative estimate of drug-likeness (QED) is 0.0290. The van der Waals surface area contributed by atoms with Gasteiger partial charge in [0, 0.05) is 41.5 Å². The highest BCUT2D eigenvalue weighted by molar-refractivity contribution is 5.75. The van der Waals surface area contributed by atoms with E-state index in [-0.39, 0.29) is 0 Å². The lowest BCUT2D eigenvalue weighted by Gasteiger charge is -2.52. The molecule has 31 N–H and O–H groups in total. The molecule has 0 radical (unpaired) electrons. The van der Waals surface area contributed by atoms with E-state index in [2.05, 4.69) is 31.9 Å². The van der Waals surface area contributed by atoms with Gasteiger partial charge in [0.2, 0.25) is 35.4 Å². The van der Waals surface area contributed by atoms with Crippen molar-refractivity contribution >= 4 is 35.4 Å².